The third-order valence-corrected chi connectivity index (χ3v) is 4.66. The fraction of sp³-hybridized carbons (Fsp3) is 0.615. The number of carbonyl (C=O) groups excluding carboxylic acids is 1. The molecule has 1 unspecified atom stereocenters. The lowest BCUT2D eigenvalue weighted by Crippen LogP contribution is -2.42. The van der Waals surface area contributed by atoms with Crippen molar-refractivity contribution in [2.24, 2.45) is 0 Å². The second-order valence-electron chi connectivity index (χ2n) is 4.79. The van der Waals surface area contributed by atoms with Crippen molar-refractivity contribution < 1.29 is 14.7 Å². The average Bonchev–Trinajstić information content (AvgIpc) is 2.82. The van der Waals surface area contributed by atoms with E-state index >= 15 is 0 Å². The molecule has 2 rings (SSSR count). The number of rotatable bonds is 3. The summed E-state index contributed by atoms with van der Waals surface area (Å²) in [5, 5.41) is 8.99. The van der Waals surface area contributed by atoms with Crippen LogP contribution in [-0.4, -0.2) is 39.5 Å². The highest BCUT2D eigenvalue weighted by atomic mass is 32.1. The third kappa shape index (κ3) is 2.78. The van der Waals surface area contributed by atoms with Crippen LogP contribution in [0.5, 0.6) is 0 Å². The van der Waals surface area contributed by atoms with Gasteiger partial charge in [0.15, 0.2) is 0 Å². The first-order valence-electron chi connectivity index (χ1n) is 6.58. The van der Waals surface area contributed by atoms with E-state index in [0.717, 1.165) is 42.0 Å². The first kappa shape index (κ1) is 14.0. The van der Waals surface area contributed by atoms with Crippen LogP contribution < -0.4 is 0 Å². The molecule has 104 valence electrons. The summed E-state index contributed by atoms with van der Waals surface area (Å²) >= 11 is 1.10. The van der Waals surface area contributed by atoms with Crippen molar-refractivity contribution in [2.75, 3.05) is 6.54 Å². The van der Waals surface area contributed by atoms with Crippen LogP contribution in [0.4, 0.5) is 0 Å². The van der Waals surface area contributed by atoms with Crippen molar-refractivity contribution in [1.82, 2.24) is 9.88 Å². The average molecular weight is 282 g/mol. The number of hydrogen-bond acceptors (Lipinski definition) is 4. The first-order chi connectivity index (χ1) is 9.04. The van der Waals surface area contributed by atoms with Gasteiger partial charge >= 0.3 is 5.97 Å². The van der Waals surface area contributed by atoms with Gasteiger partial charge in [-0.2, -0.15) is 0 Å². The number of nitrogens with zero attached hydrogens (tertiary/aromatic N) is 2. The molecule has 1 saturated heterocycles. The molecule has 0 radical (unpaired) electrons. The molecule has 1 atom stereocenters. The number of piperidine rings is 1. The van der Waals surface area contributed by atoms with Crippen LogP contribution in [0.25, 0.3) is 0 Å². The Morgan fingerprint density at radius 1 is 1.47 bits per heavy atom. The molecule has 1 aromatic rings. The molecule has 1 fully saturated rings. The number of hydrogen-bond donors (Lipinski definition) is 1. The summed E-state index contributed by atoms with van der Waals surface area (Å²) in [5.74, 6) is -1.18. The Kier molecular flexibility index (Phi) is 4.19. The lowest BCUT2D eigenvalue weighted by atomic mass is 10.0. The molecule has 1 amide bonds. The van der Waals surface area contributed by atoms with E-state index in [9.17, 15) is 9.59 Å². The van der Waals surface area contributed by atoms with E-state index in [2.05, 4.69) is 4.98 Å². The molecule has 0 bridgehead atoms. The van der Waals surface area contributed by atoms with Crippen molar-refractivity contribution in [2.45, 2.75) is 45.6 Å². The molecule has 1 aromatic heterocycles. The second-order valence-corrected chi connectivity index (χ2v) is 5.88. The van der Waals surface area contributed by atoms with Gasteiger partial charge in [0.2, 0.25) is 5.01 Å². The maximum Gasteiger partial charge on any atom is 0.365 e. The summed E-state index contributed by atoms with van der Waals surface area (Å²) in [6.07, 6.45) is 3.79. The summed E-state index contributed by atoms with van der Waals surface area (Å²) in [4.78, 5) is 30.1. The van der Waals surface area contributed by atoms with Crippen LogP contribution in [0.2, 0.25) is 0 Å². The van der Waals surface area contributed by atoms with Gasteiger partial charge in [-0.3, -0.25) is 4.79 Å². The maximum atomic E-state index is 12.5. The van der Waals surface area contributed by atoms with Crippen LogP contribution in [0.1, 0.15) is 58.3 Å². The van der Waals surface area contributed by atoms with E-state index in [1.165, 1.54) is 0 Å². The van der Waals surface area contributed by atoms with Crippen LogP contribution in [0, 0.1) is 0 Å². The van der Waals surface area contributed by atoms with Gasteiger partial charge < -0.3 is 10.0 Å². The Labute approximate surface area is 116 Å². The molecule has 1 aliphatic heterocycles. The zero-order valence-corrected chi connectivity index (χ0v) is 12.0. The second kappa shape index (κ2) is 5.69. The van der Waals surface area contributed by atoms with Gasteiger partial charge in [0.25, 0.3) is 5.91 Å². The first-order valence-corrected chi connectivity index (χ1v) is 7.40. The predicted octanol–water partition coefficient (Wildman–Crippen LogP) is 2.42. The Balaban J connectivity index is 2.29. The molecular formula is C13H18N2O3S. The van der Waals surface area contributed by atoms with Crippen LogP contribution >= 0.6 is 11.3 Å². The van der Waals surface area contributed by atoms with Crippen molar-refractivity contribution >= 4 is 23.2 Å². The van der Waals surface area contributed by atoms with Crippen molar-refractivity contribution in [3.8, 4) is 0 Å². The van der Waals surface area contributed by atoms with Crippen LogP contribution in [0.15, 0.2) is 0 Å². The fourth-order valence-electron chi connectivity index (χ4n) is 2.39. The summed E-state index contributed by atoms with van der Waals surface area (Å²) in [6.45, 7) is 4.69. The molecule has 0 spiro atoms. The van der Waals surface area contributed by atoms with Crippen molar-refractivity contribution in [3.63, 3.8) is 0 Å². The topological polar surface area (TPSA) is 70.5 Å². The number of aryl methyl sites for hydroxylation is 1. The minimum absolute atomic E-state index is 0.00450. The number of thiazole rings is 1. The molecule has 2 heterocycles. The van der Waals surface area contributed by atoms with Crippen LogP contribution in [-0.2, 0) is 6.42 Å². The normalized spacial score (nSPS) is 19.5. The fourth-order valence-corrected chi connectivity index (χ4v) is 3.22. The van der Waals surface area contributed by atoms with Crippen molar-refractivity contribution in [3.05, 3.63) is 15.6 Å². The Hall–Kier alpha value is -1.43. The monoisotopic (exact) mass is 282 g/mol. The number of amides is 1. The quantitative estimate of drug-likeness (QED) is 0.924. The number of carboxylic acids is 1. The lowest BCUT2D eigenvalue weighted by Gasteiger charge is -2.33. The highest BCUT2D eigenvalue weighted by molar-refractivity contribution is 7.13. The number of aromatic nitrogens is 1. The molecule has 6 heteroatoms. The molecule has 1 aliphatic rings. The zero-order chi connectivity index (χ0) is 14.0. The van der Waals surface area contributed by atoms with E-state index in [1.807, 2.05) is 18.7 Å². The Bertz CT molecular complexity index is 498. The smallest absolute Gasteiger partial charge is 0.365 e. The van der Waals surface area contributed by atoms with Gasteiger partial charge in [0.1, 0.15) is 5.69 Å². The summed E-state index contributed by atoms with van der Waals surface area (Å²) < 4.78 is 0. The van der Waals surface area contributed by atoms with Crippen molar-refractivity contribution in [1.29, 1.82) is 0 Å². The minimum atomic E-state index is -1.06. The Morgan fingerprint density at radius 3 is 2.79 bits per heavy atom. The number of aromatic carboxylic acids is 1. The Morgan fingerprint density at radius 2 is 2.21 bits per heavy atom. The highest BCUT2D eigenvalue weighted by Crippen LogP contribution is 2.24. The van der Waals surface area contributed by atoms with E-state index in [4.69, 9.17) is 5.11 Å². The maximum absolute atomic E-state index is 12.5. The van der Waals surface area contributed by atoms with E-state index in [0.29, 0.717) is 12.1 Å². The summed E-state index contributed by atoms with van der Waals surface area (Å²) in [6, 6.07) is 0.209. The zero-order valence-electron chi connectivity index (χ0n) is 11.2. The van der Waals surface area contributed by atoms with Gasteiger partial charge in [-0.05, 0) is 32.6 Å². The SMILES string of the molecule is CCc1sc(C(=O)O)nc1C(=O)N1CCCCC1C. The molecular weight excluding hydrogens is 264 g/mol. The van der Waals surface area contributed by atoms with Gasteiger partial charge in [-0.1, -0.05) is 6.92 Å². The van der Waals surface area contributed by atoms with E-state index < -0.39 is 5.97 Å². The molecule has 1 N–H and O–H groups in total. The third-order valence-electron chi connectivity index (χ3n) is 3.47. The van der Waals surface area contributed by atoms with Gasteiger partial charge in [-0.15, -0.1) is 11.3 Å². The number of carbonyl (C=O) groups is 2. The van der Waals surface area contributed by atoms with E-state index in [1.54, 1.807) is 0 Å². The van der Waals surface area contributed by atoms with Gasteiger partial charge in [0, 0.05) is 17.5 Å². The van der Waals surface area contributed by atoms with E-state index in [-0.39, 0.29) is 17.0 Å². The lowest BCUT2D eigenvalue weighted by molar-refractivity contribution is 0.0629. The molecule has 5 nitrogen and oxygen atoms in total. The minimum Gasteiger partial charge on any atom is -0.476 e. The number of likely N-dealkylation sites (tertiary alicyclic amines) is 1. The molecule has 0 aliphatic carbocycles. The molecule has 0 saturated carbocycles. The van der Waals surface area contributed by atoms with Gasteiger partial charge in [0.05, 0.1) is 0 Å². The highest BCUT2D eigenvalue weighted by Gasteiger charge is 2.28. The molecule has 0 aromatic carbocycles. The summed E-state index contributed by atoms with van der Waals surface area (Å²) in [7, 11) is 0. The van der Waals surface area contributed by atoms with Crippen LogP contribution in [0.3, 0.4) is 0 Å². The largest absolute Gasteiger partial charge is 0.476 e. The number of carboxylic acid groups (broad SMARTS) is 1. The summed E-state index contributed by atoms with van der Waals surface area (Å²) in [5.41, 5.74) is 0.332. The van der Waals surface area contributed by atoms with Gasteiger partial charge in [-0.25, -0.2) is 9.78 Å². The standard InChI is InChI=1S/C13H18N2O3S/c1-3-9-10(14-11(19-9)13(17)18)12(16)15-7-5-4-6-8(15)2/h8H,3-7H2,1-2H3,(H,17,18). The molecule has 19 heavy (non-hydrogen) atoms. The predicted molar refractivity (Wildman–Crippen MR) is 72.8 cm³/mol.